The van der Waals surface area contributed by atoms with Gasteiger partial charge in [0.15, 0.2) is 11.5 Å². The largest absolute Gasteiger partial charge is 0.493 e. The standard InChI is InChI=1S/C24H22FNO4S2/c1-29-20-13-15(7-12-19(20)30-23(28)16-8-10-17(25)11-9-16)14-21-22(27)26(24(31)32-21)18-5-3-2-4-6-18/h7-14,18H,2-6H2,1H3. The maximum Gasteiger partial charge on any atom is 0.343 e. The van der Waals surface area contributed by atoms with E-state index in [0.29, 0.717) is 15.0 Å². The molecule has 2 fully saturated rings. The van der Waals surface area contributed by atoms with Gasteiger partial charge >= 0.3 is 5.97 Å². The van der Waals surface area contributed by atoms with Gasteiger partial charge in [-0.25, -0.2) is 9.18 Å². The lowest BCUT2D eigenvalue weighted by Gasteiger charge is -2.29. The number of benzene rings is 2. The minimum absolute atomic E-state index is 0.0577. The van der Waals surface area contributed by atoms with Gasteiger partial charge in [0.2, 0.25) is 0 Å². The van der Waals surface area contributed by atoms with Crippen molar-refractivity contribution in [1.82, 2.24) is 4.90 Å². The number of thiocarbonyl (C=S) groups is 1. The van der Waals surface area contributed by atoms with Crippen LogP contribution in [0.1, 0.15) is 48.0 Å². The lowest BCUT2D eigenvalue weighted by Crippen LogP contribution is -2.39. The summed E-state index contributed by atoms with van der Waals surface area (Å²) >= 11 is 6.79. The molecule has 0 aromatic heterocycles. The van der Waals surface area contributed by atoms with Crippen molar-refractivity contribution in [2.45, 2.75) is 38.1 Å². The quantitative estimate of drug-likeness (QED) is 0.245. The van der Waals surface area contributed by atoms with Gasteiger partial charge in [0, 0.05) is 6.04 Å². The Labute approximate surface area is 195 Å². The van der Waals surface area contributed by atoms with Gasteiger partial charge in [0.25, 0.3) is 5.91 Å². The van der Waals surface area contributed by atoms with E-state index in [1.165, 1.54) is 49.6 Å². The van der Waals surface area contributed by atoms with Gasteiger partial charge in [-0.15, -0.1) is 0 Å². The van der Waals surface area contributed by atoms with Gasteiger partial charge in [-0.3, -0.25) is 9.69 Å². The minimum atomic E-state index is -0.621. The van der Waals surface area contributed by atoms with Crippen LogP contribution >= 0.6 is 24.0 Å². The smallest absolute Gasteiger partial charge is 0.343 e. The first-order valence-electron chi connectivity index (χ1n) is 10.4. The molecule has 1 saturated carbocycles. The van der Waals surface area contributed by atoms with E-state index in [9.17, 15) is 14.0 Å². The fourth-order valence-electron chi connectivity index (χ4n) is 3.89. The fraction of sp³-hybridized carbons (Fsp3) is 0.292. The lowest BCUT2D eigenvalue weighted by molar-refractivity contribution is -0.124. The molecular weight excluding hydrogens is 449 g/mol. The van der Waals surface area contributed by atoms with Gasteiger partial charge < -0.3 is 9.47 Å². The molecule has 32 heavy (non-hydrogen) atoms. The molecule has 1 heterocycles. The molecule has 1 aliphatic heterocycles. The van der Waals surface area contributed by atoms with Crippen LogP contribution < -0.4 is 9.47 Å². The topological polar surface area (TPSA) is 55.8 Å². The van der Waals surface area contributed by atoms with Crippen LogP contribution in [0.15, 0.2) is 47.4 Å². The zero-order chi connectivity index (χ0) is 22.7. The van der Waals surface area contributed by atoms with Crippen LogP contribution in [0.5, 0.6) is 11.5 Å². The first kappa shape index (κ1) is 22.5. The summed E-state index contributed by atoms with van der Waals surface area (Å²) in [6.45, 7) is 0. The summed E-state index contributed by atoms with van der Waals surface area (Å²) in [5, 5.41) is 0. The highest BCUT2D eigenvalue weighted by Gasteiger charge is 2.37. The Morgan fingerprint density at radius 2 is 1.84 bits per heavy atom. The fourth-order valence-corrected chi connectivity index (χ4v) is 5.29. The molecule has 0 atom stereocenters. The third kappa shape index (κ3) is 4.86. The summed E-state index contributed by atoms with van der Waals surface area (Å²) in [5.41, 5.74) is 0.955. The molecule has 0 spiro atoms. The van der Waals surface area contributed by atoms with E-state index in [0.717, 1.165) is 31.2 Å². The molecule has 1 saturated heterocycles. The molecule has 0 N–H and O–H groups in total. The number of hydrogen-bond acceptors (Lipinski definition) is 6. The van der Waals surface area contributed by atoms with Crippen molar-refractivity contribution in [3.05, 3.63) is 64.3 Å². The van der Waals surface area contributed by atoms with E-state index >= 15 is 0 Å². The molecule has 5 nitrogen and oxygen atoms in total. The maximum absolute atomic E-state index is 13.1. The number of nitrogens with zero attached hydrogens (tertiary/aromatic N) is 1. The van der Waals surface area contributed by atoms with Crippen molar-refractivity contribution in [1.29, 1.82) is 0 Å². The molecule has 1 amide bonds. The number of hydrogen-bond donors (Lipinski definition) is 0. The van der Waals surface area contributed by atoms with E-state index < -0.39 is 11.8 Å². The van der Waals surface area contributed by atoms with Crippen LogP contribution in [-0.2, 0) is 4.79 Å². The summed E-state index contributed by atoms with van der Waals surface area (Å²) in [7, 11) is 1.47. The maximum atomic E-state index is 13.1. The number of amides is 1. The Morgan fingerprint density at radius 1 is 1.12 bits per heavy atom. The van der Waals surface area contributed by atoms with Crippen LogP contribution in [0.3, 0.4) is 0 Å². The van der Waals surface area contributed by atoms with Gasteiger partial charge in [-0.1, -0.05) is 49.3 Å². The van der Waals surface area contributed by atoms with Gasteiger partial charge in [0.1, 0.15) is 10.1 Å². The predicted octanol–water partition coefficient (Wildman–Crippen LogP) is 5.59. The number of carbonyl (C=O) groups is 2. The summed E-state index contributed by atoms with van der Waals surface area (Å²) in [5.74, 6) is -0.537. The summed E-state index contributed by atoms with van der Waals surface area (Å²) in [6, 6.07) is 10.3. The van der Waals surface area contributed by atoms with E-state index in [-0.39, 0.29) is 23.3 Å². The Hall–Kier alpha value is -2.71. The number of ether oxygens (including phenoxy) is 2. The second-order valence-electron chi connectivity index (χ2n) is 7.65. The molecule has 1 aliphatic carbocycles. The molecule has 4 rings (SSSR count). The first-order chi connectivity index (χ1) is 15.5. The molecule has 8 heteroatoms. The molecular formula is C24H22FNO4S2. The number of rotatable bonds is 5. The first-order valence-corrected chi connectivity index (χ1v) is 11.6. The Kier molecular flexibility index (Phi) is 6.91. The average molecular weight is 472 g/mol. The number of thioether (sulfide) groups is 1. The third-order valence-electron chi connectivity index (χ3n) is 5.53. The molecule has 0 radical (unpaired) electrons. The second-order valence-corrected chi connectivity index (χ2v) is 9.33. The zero-order valence-corrected chi connectivity index (χ0v) is 19.1. The van der Waals surface area contributed by atoms with Gasteiger partial charge in [-0.2, -0.15) is 0 Å². The highest BCUT2D eigenvalue weighted by atomic mass is 32.2. The third-order valence-corrected chi connectivity index (χ3v) is 6.86. The number of methoxy groups -OCH3 is 1. The van der Waals surface area contributed by atoms with Crippen molar-refractivity contribution >= 4 is 46.3 Å². The van der Waals surface area contributed by atoms with Crippen molar-refractivity contribution in [2.24, 2.45) is 0 Å². The van der Waals surface area contributed by atoms with E-state index in [4.69, 9.17) is 21.7 Å². The zero-order valence-electron chi connectivity index (χ0n) is 17.5. The Morgan fingerprint density at radius 3 is 2.53 bits per heavy atom. The van der Waals surface area contributed by atoms with E-state index in [1.54, 1.807) is 29.2 Å². The Bertz CT molecular complexity index is 1080. The summed E-state index contributed by atoms with van der Waals surface area (Å²) < 4.78 is 24.5. The summed E-state index contributed by atoms with van der Waals surface area (Å²) in [4.78, 5) is 27.7. The van der Waals surface area contributed by atoms with Crippen molar-refractivity contribution in [3.63, 3.8) is 0 Å². The monoisotopic (exact) mass is 471 g/mol. The number of carbonyl (C=O) groups excluding carboxylic acids is 2. The van der Waals surface area contributed by atoms with Gasteiger partial charge in [-0.05, 0) is 60.9 Å². The SMILES string of the molecule is COc1cc(C=C2SC(=S)N(C3CCCCC3)C2=O)ccc1OC(=O)c1ccc(F)cc1. The minimum Gasteiger partial charge on any atom is -0.493 e. The number of halogens is 1. The molecule has 0 unspecified atom stereocenters. The van der Waals surface area contributed by atoms with Crippen LogP contribution in [0.25, 0.3) is 6.08 Å². The summed E-state index contributed by atoms with van der Waals surface area (Å²) in [6.07, 6.45) is 7.20. The van der Waals surface area contributed by atoms with Crippen LogP contribution in [-0.4, -0.2) is 34.2 Å². The molecule has 2 aromatic rings. The lowest BCUT2D eigenvalue weighted by atomic mass is 9.94. The van der Waals surface area contributed by atoms with Crippen molar-refractivity contribution < 1.29 is 23.5 Å². The second kappa shape index (κ2) is 9.83. The van der Waals surface area contributed by atoms with E-state index in [1.807, 2.05) is 0 Å². The normalized spacial score (nSPS) is 18.3. The molecule has 2 aromatic carbocycles. The van der Waals surface area contributed by atoms with Crippen LogP contribution in [0, 0.1) is 5.82 Å². The van der Waals surface area contributed by atoms with Crippen molar-refractivity contribution in [3.8, 4) is 11.5 Å². The van der Waals surface area contributed by atoms with Crippen LogP contribution in [0.2, 0.25) is 0 Å². The van der Waals surface area contributed by atoms with Gasteiger partial charge in [0.05, 0.1) is 17.6 Å². The molecule has 0 bridgehead atoms. The number of esters is 1. The highest BCUT2D eigenvalue weighted by molar-refractivity contribution is 8.26. The molecule has 166 valence electrons. The van der Waals surface area contributed by atoms with Crippen molar-refractivity contribution in [2.75, 3.05) is 7.11 Å². The average Bonchev–Trinajstić information content (AvgIpc) is 3.08. The predicted molar refractivity (Wildman–Crippen MR) is 126 cm³/mol. The Balaban J connectivity index is 1.51. The van der Waals surface area contributed by atoms with Crippen LogP contribution in [0.4, 0.5) is 4.39 Å². The van der Waals surface area contributed by atoms with E-state index in [2.05, 4.69) is 0 Å². The highest BCUT2D eigenvalue weighted by Crippen LogP contribution is 2.38. The molecule has 2 aliphatic rings.